The molecule has 1 aliphatic rings. The van der Waals surface area contributed by atoms with Gasteiger partial charge in [-0.05, 0) is 52.7 Å². The van der Waals surface area contributed by atoms with Crippen molar-refractivity contribution in [1.29, 1.82) is 0 Å². The lowest BCUT2D eigenvalue weighted by atomic mass is 10.2. The molecule has 2 aromatic carbocycles. The number of hydrogen-bond acceptors (Lipinski definition) is 6. The quantitative estimate of drug-likeness (QED) is 0.604. The maximum atomic E-state index is 13.0. The molecule has 1 amide bonds. The first-order valence-corrected chi connectivity index (χ1v) is 12.1. The van der Waals surface area contributed by atoms with E-state index in [2.05, 4.69) is 5.32 Å². The SMILES string of the molecule is CN(Cc1ccsc1)S(=O)(=O)c1cccc(C(=O)Nc2ccc3c(c2)OCCCO3)c1. The highest BCUT2D eigenvalue weighted by Crippen LogP contribution is 2.32. The van der Waals surface area contributed by atoms with Crippen LogP contribution in [0.3, 0.4) is 0 Å². The normalized spacial score (nSPS) is 13.6. The molecule has 0 saturated carbocycles. The molecule has 31 heavy (non-hydrogen) atoms. The lowest BCUT2D eigenvalue weighted by Gasteiger charge is -2.17. The summed E-state index contributed by atoms with van der Waals surface area (Å²) in [5.74, 6) is 0.797. The molecule has 0 fully saturated rings. The average molecular weight is 459 g/mol. The van der Waals surface area contributed by atoms with Crippen molar-refractivity contribution in [3.8, 4) is 11.5 Å². The molecule has 1 aliphatic heterocycles. The Kier molecular flexibility index (Phi) is 6.26. The van der Waals surface area contributed by atoms with Crippen molar-refractivity contribution >= 4 is 33.0 Å². The molecule has 0 saturated heterocycles. The van der Waals surface area contributed by atoms with E-state index in [0.29, 0.717) is 30.4 Å². The van der Waals surface area contributed by atoms with Gasteiger partial charge in [0.2, 0.25) is 10.0 Å². The molecule has 0 radical (unpaired) electrons. The number of carbonyl (C=O) groups is 1. The Labute approximate surface area is 185 Å². The third-order valence-corrected chi connectivity index (χ3v) is 7.33. The van der Waals surface area contributed by atoms with Crippen molar-refractivity contribution in [3.63, 3.8) is 0 Å². The number of carbonyl (C=O) groups excluding carboxylic acids is 1. The first-order chi connectivity index (χ1) is 14.9. The summed E-state index contributed by atoms with van der Waals surface area (Å²) in [5.41, 5.74) is 1.70. The summed E-state index contributed by atoms with van der Waals surface area (Å²) in [7, 11) is -2.21. The van der Waals surface area contributed by atoms with Gasteiger partial charge in [-0.2, -0.15) is 15.6 Å². The second-order valence-corrected chi connectivity index (χ2v) is 9.91. The lowest BCUT2D eigenvalue weighted by Crippen LogP contribution is -2.26. The van der Waals surface area contributed by atoms with Crippen LogP contribution in [0.2, 0.25) is 0 Å². The molecule has 1 N–H and O–H groups in total. The van der Waals surface area contributed by atoms with Gasteiger partial charge in [0.1, 0.15) is 0 Å². The summed E-state index contributed by atoms with van der Waals surface area (Å²) in [6, 6.07) is 13.1. The second-order valence-electron chi connectivity index (χ2n) is 7.09. The van der Waals surface area contributed by atoms with Gasteiger partial charge in [-0.15, -0.1) is 0 Å². The van der Waals surface area contributed by atoms with E-state index >= 15 is 0 Å². The fraction of sp³-hybridized carbons (Fsp3) is 0.227. The van der Waals surface area contributed by atoms with Crippen molar-refractivity contribution in [2.45, 2.75) is 17.9 Å². The summed E-state index contributed by atoms with van der Waals surface area (Å²) < 4.78 is 38.4. The van der Waals surface area contributed by atoms with Gasteiger partial charge in [0.05, 0.1) is 18.1 Å². The van der Waals surface area contributed by atoms with Crippen molar-refractivity contribution < 1.29 is 22.7 Å². The molecule has 0 bridgehead atoms. The molecule has 0 unspecified atom stereocenters. The monoisotopic (exact) mass is 458 g/mol. The zero-order valence-electron chi connectivity index (χ0n) is 16.9. The predicted octanol–water partition coefficient (Wildman–Crippen LogP) is 3.98. The minimum atomic E-state index is -3.74. The molecular formula is C22H22N2O5S2. The standard InChI is InChI=1S/C22H22N2O5S2/c1-24(14-16-8-11-30-15-16)31(26,27)19-5-2-4-17(12-19)22(25)23-18-6-7-20-21(13-18)29-10-3-9-28-20/h2,4-8,11-13,15H,3,9-10,14H2,1H3,(H,23,25). The van der Waals surface area contributed by atoms with Gasteiger partial charge < -0.3 is 14.8 Å². The molecule has 7 nitrogen and oxygen atoms in total. The third-order valence-electron chi connectivity index (χ3n) is 4.80. The highest BCUT2D eigenvalue weighted by Gasteiger charge is 2.22. The van der Waals surface area contributed by atoms with Crippen molar-refractivity contribution in [1.82, 2.24) is 4.31 Å². The minimum Gasteiger partial charge on any atom is -0.490 e. The first-order valence-electron chi connectivity index (χ1n) is 9.72. The Morgan fingerprint density at radius 1 is 1.10 bits per heavy atom. The van der Waals surface area contributed by atoms with Crippen LogP contribution >= 0.6 is 11.3 Å². The number of thiophene rings is 1. The number of ether oxygens (including phenoxy) is 2. The third kappa shape index (κ3) is 4.90. The summed E-state index contributed by atoms with van der Waals surface area (Å²) in [6.07, 6.45) is 0.790. The highest BCUT2D eigenvalue weighted by atomic mass is 32.2. The zero-order chi connectivity index (χ0) is 21.8. The smallest absolute Gasteiger partial charge is 0.255 e. The van der Waals surface area contributed by atoms with Crippen molar-refractivity contribution in [3.05, 3.63) is 70.4 Å². The number of benzene rings is 2. The van der Waals surface area contributed by atoms with Crippen LogP contribution in [0.5, 0.6) is 11.5 Å². The number of amides is 1. The summed E-state index contributed by atoms with van der Waals surface area (Å²) in [4.78, 5) is 12.8. The Balaban J connectivity index is 1.51. The zero-order valence-corrected chi connectivity index (χ0v) is 18.5. The van der Waals surface area contributed by atoms with Gasteiger partial charge in [0.25, 0.3) is 5.91 Å². The Hall–Kier alpha value is -2.88. The summed E-state index contributed by atoms with van der Waals surface area (Å²) in [6.45, 7) is 1.39. The van der Waals surface area contributed by atoms with E-state index in [-0.39, 0.29) is 17.0 Å². The van der Waals surface area contributed by atoms with E-state index in [4.69, 9.17) is 9.47 Å². The number of rotatable bonds is 6. The van der Waals surface area contributed by atoms with Crippen LogP contribution in [0, 0.1) is 0 Å². The van der Waals surface area contributed by atoms with Gasteiger partial charge in [-0.3, -0.25) is 4.79 Å². The van der Waals surface area contributed by atoms with Crippen LogP contribution in [-0.4, -0.2) is 38.9 Å². The number of nitrogens with zero attached hydrogens (tertiary/aromatic N) is 1. The van der Waals surface area contributed by atoms with Crippen molar-refractivity contribution in [2.75, 3.05) is 25.6 Å². The van der Waals surface area contributed by atoms with Crippen LogP contribution in [0.15, 0.2) is 64.2 Å². The second kappa shape index (κ2) is 9.09. The summed E-state index contributed by atoms with van der Waals surface area (Å²) >= 11 is 1.51. The Morgan fingerprint density at radius 2 is 1.90 bits per heavy atom. The van der Waals surface area contributed by atoms with Gasteiger partial charge in [0, 0.05) is 37.3 Å². The van der Waals surface area contributed by atoms with Gasteiger partial charge in [0.15, 0.2) is 11.5 Å². The fourth-order valence-corrected chi connectivity index (χ4v) is 5.01. The van der Waals surface area contributed by atoms with Gasteiger partial charge >= 0.3 is 0 Å². The number of anilines is 1. The van der Waals surface area contributed by atoms with Gasteiger partial charge in [-0.25, -0.2) is 8.42 Å². The average Bonchev–Trinajstić information content (AvgIpc) is 3.16. The molecule has 2 heterocycles. The largest absolute Gasteiger partial charge is 0.490 e. The molecule has 1 aromatic heterocycles. The lowest BCUT2D eigenvalue weighted by molar-refractivity contribution is 0.102. The van der Waals surface area contributed by atoms with E-state index in [9.17, 15) is 13.2 Å². The van der Waals surface area contributed by atoms with E-state index < -0.39 is 15.9 Å². The molecule has 162 valence electrons. The molecule has 3 aromatic rings. The maximum Gasteiger partial charge on any atom is 0.255 e. The molecule has 0 atom stereocenters. The van der Waals surface area contributed by atoms with Crippen molar-refractivity contribution in [2.24, 2.45) is 0 Å². The van der Waals surface area contributed by atoms with E-state index in [0.717, 1.165) is 12.0 Å². The summed E-state index contributed by atoms with van der Waals surface area (Å²) in [5, 5.41) is 6.60. The van der Waals surface area contributed by atoms with Crippen LogP contribution in [0.4, 0.5) is 5.69 Å². The van der Waals surface area contributed by atoms with E-state index in [1.54, 1.807) is 30.3 Å². The first kappa shape index (κ1) is 21.4. The van der Waals surface area contributed by atoms with Gasteiger partial charge in [-0.1, -0.05) is 6.07 Å². The van der Waals surface area contributed by atoms with Crippen LogP contribution in [-0.2, 0) is 16.6 Å². The number of nitrogens with one attached hydrogen (secondary N) is 1. The Bertz CT molecular complexity index is 1180. The number of hydrogen-bond donors (Lipinski definition) is 1. The number of sulfonamides is 1. The maximum absolute atomic E-state index is 13.0. The fourth-order valence-electron chi connectivity index (χ4n) is 3.15. The molecule has 0 spiro atoms. The Morgan fingerprint density at radius 3 is 2.68 bits per heavy atom. The topological polar surface area (TPSA) is 84.9 Å². The minimum absolute atomic E-state index is 0.0662. The van der Waals surface area contributed by atoms with Crippen LogP contribution in [0.1, 0.15) is 22.3 Å². The molecule has 9 heteroatoms. The predicted molar refractivity (Wildman–Crippen MR) is 119 cm³/mol. The van der Waals surface area contributed by atoms with Crippen LogP contribution < -0.4 is 14.8 Å². The molecule has 0 aliphatic carbocycles. The molecule has 4 rings (SSSR count). The van der Waals surface area contributed by atoms with E-state index in [1.165, 1.54) is 34.8 Å². The highest BCUT2D eigenvalue weighted by molar-refractivity contribution is 7.89. The van der Waals surface area contributed by atoms with E-state index in [1.807, 2.05) is 16.8 Å². The number of fused-ring (bicyclic) bond motifs is 1. The molecular weight excluding hydrogens is 436 g/mol. The van der Waals surface area contributed by atoms with Crippen LogP contribution in [0.25, 0.3) is 0 Å².